The third kappa shape index (κ3) is 1.93. The Morgan fingerprint density at radius 3 is 3.07 bits per heavy atom. The van der Waals surface area contributed by atoms with E-state index in [1.165, 1.54) is 0 Å². The third-order valence-corrected chi connectivity index (χ3v) is 2.19. The van der Waals surface area contributed by atoms with E-state index in [0.717, 1.165) is 16.5 Å². The smallest absolute Gasteiger partial charge is 0.341 e. The van der Waals surface area contributed by atoms with Crippen molar-refractivity contribution in [3.05, 3.63) is 30.0 Å². The first-order valence-corrected chi connectivity index (χ1v) is 4.59. The predicted molar refractivity (Wildman–Crippen MR) is 56.2 cm³/mol. The molecule has 15 heavy (non-hydrogen) atoms. The summed E-state index contributed by atoms with van der Waals surface area (Å²) in [5.41, 5.74) is 2.09. The minimum absolute atomic E-state index is 0.310. The molecule has 1 aromatic heterocycles. The minimum atomic E-state index is -0.971. The number of H-pyrrole nitrogens is 1. The minimum Gasteiger partial charge on any atom is -0.482 e. The maximum Gasteiger partial charge on any atom is 0.341 e. The lowest BCUT2D eigenvalue weighted by atomic mass is 10.1. The van der Waals surface area contributed by atoms with Crippen LogP contribution in [0.4, 0.5) is 0 Å². The summed E-state index contributed by atoms with van der Waals surface area (Å²) >= 11 is 0. The zero-order chi connectivity index (χ0) is 10.8. The summed E-state index contributed by atoms with van der Waals surface area (Å²) in [6.07, 6.45) is 1.85. The SMILES string of the molecule is Cc1cc(OCC(=O)O)cc2cc[nH]c12. The van der Waals surface area contributed by atoms with Gasteiger partial charge in [-0.05, 0) is 30.7 Å². The number of rotatable bonds is 3. The molecule has 0 bridgehead atoms. The van der Waals surface area contributed by atoms with E-state index in [1.54, 1.807) is 0 Å². The number of aromatic nitrogens is 1. The van der Waals surface area contributed by atoms with Crippen LogP contribution in [0.25, 0.3) is 10.9 Å². The number of ether oxygens (including phenoxy) is 1. The van der Waals surface area contributed by atoms with Crippen LogP contribution >= 0.6 is 0 Å². The molecule has 2 aromatic rings. The molecule has 0 aliphatic heterocycles. The predicted octanol–water partition coefficient (Wildman–Crippen LogP) is 1.94. The molecule has 0 atom stereocenters. The molecular weight excluding hydrogens is 194 g/mol. The monoisotopic (exact) mass is 205 g/mol. The lowest BCUT2D eigenvalue weighted by Crippen LogP contribution is -2.09. The molecule has 1 heterocycles. The summed E-state index contributed by atoms with van der Waals surface area (Å²) in [5.74, 6) is -0.385. The summed E-state index contributed by atoms with van der Waals surface area (Å²) in [6, 6.07) is 5.57. The zero-order valence-electron chi connectivity index (χ0n) is 8.28. The van der Waals surface area contributed by atoms with Crippen LogP contribution in [0.1, 0.15) is 5.56 Å². The Morgan fingerprint density at radius 1 is 1.53 bits per heavy atom. The maximum absolute atomic E-state index is 10.3. The number of hydrogen-bond acceptors (Lipinski definition) is 2. The molecule has 78 valence electrons. The molecule has 0 saturated heterocycles. The molecule has 0 saturated carbocycles. The zero-order valence-corrected chi connectivity index (χ0v) is 8.28. The van der Waals surface area contributed by atoms with Crippen molar-refractivity contribution in [2.75, 3.05) is 6.61 Å². The van der Waals surface area contributed by atoms with Gasteiger partial charge in [0, 0.05) is 17.1 Å². The van der Waals surface area contributed by atoms with Gasteiger partial charge < -0.3 is 14.8 Å². The quantitative estimate of drug-likeness (QED) is 0.804. The molecule has 0 radical (unpaired) electrons. The van der Waals surface area contributed by atoms with Crippen molar-refractivity contribution in [1.82, 2.24) is 4.98 Å². The van der Waals surface area contributed by atoms with Gasteiger partial charge in [-0.25, -0.2) is 4.79 Å². The van der Waals surface area contributed by atoms with E-state index in [2.05, 4.69) is 4.98 Å². The van der Waals surface area contributed by atoms with Crippen molar-refractivity contribution in [1.29, 1.82) is 0 Å². The van der Waals surface area contributed by atoms with Crippen molar-refractivity contribution >= 4 is 16.9 Å². The Bertz CT molecular complexity index is 502. The van der Waals surface area contributed by atoms with Gasteiger partial charge in [-0.1, -0.05) is 0 Å². The van der Waals surface area contributed by atoms with E-state index in [-0.39, 0.29) is 6.61 Å². The van der Waals surface area contributed by atoms with Crippen molar-refractivity contribution in [2.45, 2.75) is 6.92 Å². The molecule has 4 heteroatoms. The van der Waals surface area contributed by atoms with Crippen LogP contribution in [0.3, 0.4) is 0 Å². The highest BCUT2D eigenvalue weighted by atomic mass is 16.5. The Morgan fingerprint density at radius 2 is 2.33 bits per heavy atom. The van der Waals surface area contributed by atoms with Crippen LogP contribution in [-0.4, -0.2) is 22.7 Å². The summed E-state index contributed by atoms with van der Waals surface area (Å²) in [4.78, 5) is 13.4. The van der Waals surface area contributed by atoms with E-state index >= 15 is 0 Å². The summed E-state index contributed by atoms with van der Waals surface area (Å²) in [7, 11) is 0. The van der Waals surface area contributed by atoms with Crippen LogP contribution in [-0.2, 0) is 4.79 Å². The lowest BCUT2D eigenvalue weighted by Gasteiger charge is -2.05. The largest absolute Gasteiger partial charge is 0.482 e. The molecule has 2 rings (SSSR count). The Kier molecular flexibility index (Phi) is 2.33. The molecule has 4 nitrogen and oxygen atoms in total. The van der Waals surface area contributed by atoms with Gasteiger partial charge in [0.05, 0.1) is 0 Å². The first-order chi connectivity index (χ1) is 7.16. The van der Waals surface area contributed by atoms with E-state index < -0.39 is 5.97 Å². The number of benzene rings is 1. The molecule has 0 fully saturated rings. The number of hydrogen-bond donors (Lipinski definition) is 2. The number of carboxylic acids is 1. The fourth-order valence-electron chi connectivity index (χ4n) is 1.55. The molecule has 0 spiro atoms. The number of aromatic amines is 1. The molecule has 0 aliphatic carbocycles. The van der Waals surface area contributed by atoms with Crippen LogP contribution in [0.15, 0.2) is 24.4 Å². The van der Waals surface area contributed by atoms with Crippen molar-refractivity contribution in [3.63, 3.8) is 0 Å². The van der Waals surface area contributed by atoms with Crippen LogP contribution in [0.5, 0.6) is 5.75 Å². The van der Waals surface area contributed by atoms with Gasteiger partial charge in [-0.15, -0.1) is 0 Å². The second kappa shape index (κ2) is 3.65. The molecule has 2 N–H and O–H groups in total. The molecule has 0 aliphatic rings. The Hall–Kier alpha value is -1.97. The second-order valence-corrected chi connectivity index (χ2v) is 3.36. The fourth-order valence-corrected chi connectivity index (χ4v) is 1.55. The number of carboxylic acid groups (broad SMARTS) is 1. The van der Waals surface area contributed by atoms with Crippen LogP contribution < -0.4 is 4.74 Å². The van der Waals surface area contributed by atoms with Gasteiger partial charge in [0.1, 0.15) is 5.75 Å². The van der Waals surface area contributed by atoms with Crippen molar-refractivity contribution in [2.24, 2.45) is 0 Å². The van der Waals surface area contributed by atoms with Gasteiger partial charge >= 0.3 is 5.97 Å². The van der Waals surface area contributed by atoms with Crippen LogP contribution in [0.2, 0.25) is 0 Å². The van der Waals surface area contributed by atoms with Gasteiger partial charge in [0.15, 0.2) is 6.61 Å². The summed E-state index contributed by atoms with van der Waals surface area (Å²) < 4.78 is 5.11. The van der Waals surface area contributed by atoms with Gasteiger partial charge in [-0.3, -0.25) is 0 Å². The Labute approximate surface area is 86.5 Å². The van der Waals surface area contributed by atoms with Crippen molar-refractivity contribution < 1.29 is 14.6 Å². The normalized spacial score (nSPS) is 10.5. The first kappa shape index (κ1) is 9.58. The number of fused-ring (bicyclic) bond motifs is 1. The third-order valence-electron chi connectivity index (χ3n) is 2.19. The number of aliphatic carboxylic acids is 1. The summed E-state index contributed by atoms with van der Waals surface area (Å²) in [6.45, 7) is 1.64. The number of carbonyl (C=O) groups is 1. The Balaban J connectivity index is 2.32. The highest BCUT2D eigenvalue weighted by molar-refractivity contribution is 5.84. The number of nitrogens with one attached hydrogen (secondary N) is 1. The van der Waals surface area contributed by atoms with E-state index in [4.69, 9.17) is 9.84 Å². The van der Waals surface area contributed by atoms with Crippen LogP contribution in [0, 0.1) is 6.92 Å². The first-order valence-electron chi connectivity index (χ1n) is 4.59. The van der Waals surface area contributed by atoms with E-state index in [0.29, 0.717) is 5.75 Å². The average molecular weight is 205 g/mol. The summed E-state index contributed by atoms with van der Waals surface area (Å²) in [5, 5.41) is 9.51. The standard InChI is InChI=1S/C11H11NO3/c1-7-4-9(15-6-10(13)14)5-8-2-3-12-11(7)8/h2-5,12H,6H2,1H3,(H,13,14). The maximum atomic E-state index is 10.3. The lowest BCUT2D eigenvalue weighted by molar-refractivity contribution is -0.139. The molecule has 1 aromatic carbocycles. The average Bonchev–Trinajstić information content (AvgIpc) is 2.63. The molecule has 0 unspecified atom stereocenters. The van der Waals surface area contributed by atoms with Gasteiger partial charge in [0.25, 0.3) is 0 Å². The highest BCUT2D eigenvalue weighted by Crippen LogP contribution is 2.23. The van der Waals surface area contributed by atoms with Crippen molar-refractivity contribution in [3.8, 4) is 5.75 Å². The van der Waals surface area contributed by atoms with Gasteiger partial charge in [0.2, 0.25) is 0 Å². The van der Waals surface area contributed by atoms with E-state index in [9.17, 15) is 4.79 Å². The van der Waals surface area contributed by atoms with E-state index in [1.807, 2.05) is 31.3 Å². The molecule has 0 amide bonds. The second-order valence-electron chi connectivity index (χ2n) is 3.36. The topological polar surface area (TPSA) is 62.3 Å². The highest BCUT2D eigenvalue weighted by Gasteiger charge is 2.04. The molecular formula is C11H11NO3. The van der Waals surface area contributed by atoms with Gasteiger partial charge in [-0.2, -0.15) is 0 Å². The number of aryl methyl sites for hydroxylation is 1. The fraction of sp³-hybridized carbons (Fsp3) is 0.182.